The summed E-state index contributed by atoms with van der Waals surface area (Å²) in [5.74, 6) is -0.103. The van der Waals surface area contributed by atoms with Crippen LogP contribution >= 0.6 is 0 Å². The van der Waals surface area contributed by atoms with Crippen molar-refractivity contribution in [2.24, 2.45) is 0 Å². The molecular weight excluding hydrogens is 302 g/mol. The van der Waals surface area contributed by atoms with Crippen LogP contribution in [-0.4, -0.2) is 33.7 Å². The second-order valence-corrected chi connectivity index (χ2v) is 5.95. The van der Waals surface area contributed by atoms with Gasteiger partial charge in [0.2, 0.25) is 0 Å². The Balaban J connectivity index is 1.97. The molecule has 24 heavy (non-hydrogen) atoms. The van der Waals surface area contributed by atoms with E-state index >= 15 is 0 Å². The molecule has 3 aromatic rings. The first-order valence-electron chi connectivity index (χ1n) is 8.12. The molecule has 1 aliphatic heterocycles. The van der Waals surface area contributed by atoms with Crippen LogP contribution in [0.1, 0.15) is 23.3 Å². The van der Waals surface area contributed by atoms with E-state index in [0.717, 1.165) is 25.9 Å². The molecule has 0 spiro atoms. The van der Waals surface area contributed by atoms with Crippen LogP contribution in [0.2, 0.25) is 0 Å². The fraction of sp³-hybridized carbons (Fsp3) is 0.211. The molecule has 1 fully saturated rings. The SMILES string of the molecule is O=C(c1nn(-c2ccccc2)c(=O)c2ccccc12)N1CCCC1. The van der Waals surface area contributed by atoms with Crippen LogP contribution < -0.4 is 5.56 Å². The minimum Gasteiger partial charge on any atom is -0.337 e. The van der Waals surface area contributed by atoms with Crippen molar-refractivity contribution in [3.63, 3.8) is 0 Å². The van der Waals surface area contributed by atoms with Gasteiger partial charge in [0.25, 0.3) is 11.5 Å². The number of fused-ring (bicyclic) bond motifs is 1. The zero-order valence-electron chi connectivity index (χ0n) is 13.2. The van der Waals surface area contributed by atoms with E-state index in [-0.39, 0.29) is 11.5 Å². The fourth-order valence-corrected chi connectivity index (χ4v) is 3.16. The van der Waals surface area contributed by atoms with Crippen molar-refractivity contribution < 1.29 is 4.79 Å². The molecule has 0 radical (unpaired) electrons. The standard InChI is InChI=1S/C19H17N3O2/c23-18-16-11-5-4-10-15(16)17(19(24)21-12-6-7-13-21)20-22(18)14-8-2-1-3-9-14/h1-5,8-11H,6-7,12-13H2. The van der Waals surface area contributed by atoms with Gasteiger partial charge in [0.15, 0.2) is 5.69 Å². The predicted octanol–water partition coefficient (Wildman–Crippen LogP) is 2.62. The summed E-state index contributed by atoms with van der Waals surface area (Å²) < 4.78 is 1.33. The van der Waals surface area contributed by atoms with Gasteiger partial charge in [0.1, 0.15) is 0 Å². The maximum absolute atomic E-state index is 12.9. The summed E-state index contributed by atoms with van der Waals surface area (Å²) in [5.41, 5.74) is 0.787. The lowest BCUT2D eigenvalue weighted by Gasteiger charge is -2.17. The largest absolute Gasteiger partial charge is 0.337 e. The lowest BCUT2D eigenvalue weighted by molar-refractivity contribution is 0.0787. The quantitative estimate of drug-likeness (QED) is 0.729. The third kappa shape index (κ3) is 2.38. The van der Waals surface area contributed by atoms with E-state index in [2.05, 4.69) is 5.10 Å². The number of para-hydroxylation sites is 1. The van der Waals surface area contributed by atoms with Gasteiger partial charge in [-0.2, -0.15) is 9.78 Å². The van der Waals surface area contributed by atoms with Crippen molar-refractivity contribution in [3.8, 4) is 5.69 Å². The van der Waals surface area contributed by atoms with Gasteiger partial charge >= 0.3 is 0 Å². The van der Waals surface area contributed by atoms with Crippen LogP contribution in [0.5, 0.6) is 0 Å². The second-order valence-electron chi connectivity index (χ2n) is 5.95. The minimum absolute atomic E-state index is 0.103. The second kappa shape index (κ2) is 5.92. The highest BCUT2D eigenvalue weighted by molar-refractivity contribution is 6.04. The Morgan fingerprint density at radius 3 is 2.21 bits per heavy atom. The summed E-state index contributed by atoms with van der Waals surface area (Å²) in [5, 5.41) is 5.56. The Morgan fingerprint density at radius 2 is 1.50 bits per heavy atom. The molecule has 0 N–H and O–H groups in total. The van der Waals surface area contributed by atoms with Crippen molar-refractivity contribution in [1.82, 2.24) is 14.7 Å². The Kier molecular flexibility index (Phi) is 3.61. The van der Waals surface area contributed by atoms with Gasteiger partial charge in [0.05, 0.1) is 11.1 Å². The first kappa shape index (κ1) is 14.6. The Hall–Kier alpha value is -2.95. The van der Waals surface area contributed by atoms with Crippen LogP contribution in [0.4, 0.5) is 0 Å². The lowest BCUT2D eigenvalue weighted by atomic mass is 10.1. The molecule has 1 saturated heterocycles. The fourth-order valence-electron chi connectivity index (χ4n) is 3.16. The van der Waals surface area contributed by atoms with E-state index in [1.54, 1.807) is 12.1 Å². The minimum atomic E-state index is -0.213. The summed E-state index contributed by atoms with van der Waals surface area (Å²) >= 11 is 0. The van der Waals surface area contributed by atoms with Gasteiger partial charge in [0, 0.05) is 18.5 Å². The maximum Gasteiger partial charge on any atom is 0.279 e. The third-order valence-corrected chi connectivity index (χ3v) is 4.40. The summed E-state index contributed by atoms with van der Waals surface area (Å²) in [4.78, 5) is 27.5. The first-order valence-corrected chi connectivity index (χ1v) is 8.12. The molecule has 120 valence electrons. The zero-order chi connectivity index (χ0) is 16.5. The molecule has 1 aromatic heterocycles. The smallest absolute Gasteiger partial charge is 0.279 e. The highest BCUT2D eigenvalue weighted by Gasteiger charge is 2.24. The molecule has 0 saturated carbocycles. The zero-order valence-corrected chi connectivity index (χ0v) is 13.2. The van der Waals surface area contributed by atoms with Crippen LogP contribution in [0.25, 0.3) is 16.5 Å². The molecule has 0 aliphatic carbocycles. The van der Waals surface area contributed by atoms with Crippen LogP contribution in [0.15, 0.2) is 59.4 Å². The number of aromatic nitrogens is 2. The summed E-state index contributed by atoms with van der Waals surface area (Å²) in [6.45, 7) is 1.50. The summed E-state index contributed by atoms with van der Waals surface area (Å²) in [6, 6.07) is 16.4. The molecule has 5 heteroatoms. The number of hydrogen-bond donors (Lipinski definition) is 0. The topological polar surface area (TPSA) is 55.2 Å². The predicted molar refractivity (Wildman–Crippen MR) is 92.5 cm³/mol. The molecule has 0 unspecified atom stereocenters. The molecular formula is C19H17N3O2. The van der Waals surface area contributed by atoms with E-state index in [4.69, 9.17) is 0 Å². The van der Waals surface area contributed by atoms with E-state index in [9.17, 15) is 9.59 Å². The monoisotopic (exact) mass is 319 g/mol. The number of nitrogens with zero attached hydrogens (tertiary/aromatic N) is 3. The van der Waals surface area contributed by atoms with Crippen molar-refractivity contribution in [2.75, 3.05) is 13.1 Å². The van der Waals surface area contributed by atoms with Crippen molar-refractivity contribution >= 4 is 16.7 Å². The number of carbonyl (C=O) groups excluding carboxylic acids is 1. The van der Waals surface area contributed by atoms with Gasteiger partial charge < -0.3 is 4.90 Å². The van der Waals surface area contributed by atoms with Crippen LogP contribution in [0, 0.1) is 0 Å². The molecule has 2 aromatic carbocycles. The van der Waals surface area contributed by atoms with Crippen molar-refractivity contribution in [2.45, 2.75) is 12.8 Å². The number of carbonyl (C=O) groups is 1. The van der Waals surface area contributed by atoms with E-state index in [1.165, 1.54) is 4.68 Å². The first-order chi connectivity index (χ1) is 11.8. The molecule has 1 amide bonds. The molecule has 1 aliphatic rings. The number of amides is 1. The molecule has 0 atom stereocenters. The molecule has 5 nitrogen and oxygen atoms in total. The van der Waals surface area contributed by atoms with Gasteiger partial charge in [-0.3, -0.25) is 9.59 Å². The third-order valence-electron chi connectivity index (χ3n) is 4.40. The van der Waals surface area contributed by atoms with Crippen molar-refractivity contribution in [3.05, 3.63) is 70.6 Å². The van der Waals surface area contributed by atoms with Gasteiger partial charge in [-0.05, 0) is 31.0 Å². The molecule has 0 bridgehead atoms. The van der Waals surface area contributed by atoms with Crippen molar-refractivity contribution in [1.29, 1.82) is 0 Å². The van der Waals surface area contributed by atoms with Crippen LogP contribution in [0.3, 0.4) is 0 Å². The number of hydrogen-bond acceptors (Lipinski definition) is 3. The van der Waals surface area contributed by atoms with E-state index < -0.39 is 0 Å². The number of benzene rings is 2. The summed E-state index contributed by atoms with van der Waals surface area (Å²) in [7, 11) is 0. The Morgan fingerprint density at radius 1 is 0.875 bits per heavy atom. The van der Waals surface area contributed by atoms with E-state index in [0.29, 0.717) is 22.2 Å². The molecule has 2 heterocycles. The van der Waals surface area contributed by atoms with Gasteiger partial charge in [-0.15, -0.1) is 0 Å². The molecule has 4 rings (SSSR count). The average Bonchev–Trinajstić information content (AvgIpc) is 3.17. The lowest BCUT2D eigenvalue weighted by Crippen LogP contribution is -2.32. The average molecular weight is 319 g/mol. The normalized spacial score (nSPS) is 14.2. The Bertz CT molecular complexity index is 957. The Labute approximate surface area is 139 Å². The van der Waals surface area contributed by atoms with Gasteiger partial charge in [-0.1, -0.05) is 36.4 Å². The summed E-state index contributed by atoms with van der Waals surface area (Å²) in [6.07, 6.45) is 2.03. The van der Waals surface area contributed by atoms with Crippen LogP contribution in [-0.2, 0) is 0 Å². The highest BCUT2D eigenvalue weighted by atomic mass is 16.2. The maximum atomic E-state index is 12.9. The highest BCUT2D eigenvalue weighted by Crippen LogP contribution is 2.19. The number of rotatable bonds is 2. The number of likely N-dealkylation sites (tertiary alicyclic amines) is 1. The van der Waals surface area contributed by atoms with E-state index in [1.807, 2.05) is 47.4 Å². The van der Waals surface area contributed by atoms with Gasteiger partial charge in [-0.25, -0.2) is 0 Å².